The van der Waals surface area contributed by atoms with Crippen molar-refractivity contribution in [3.05, 3.63) is 54.5 Å². The summed E-state index contributed by atoms with van der Waals surface area (Å²) < 4.78 is 2.13. The number of aromatic nitrogens is 5. The van der Waals surface area contributed by atoms with Gasteiger partial charge in [-0.1, -0.05) is 0 Å². The largest absolute Gasteiger partial charge is 0.356 e. The lowest BCUT2D eigenvalue weighted by Gasteiger charge is -2.33. The quantitative estimate of drug-likeness (QED) is 0.725. The topological polar surface area (TPSA) is 59.7 Å². The van der Waals surface area contributed by atoms with Crippen LogP contribution in [-0.2, 0) is 13.5 Å². The van der Waals surface area contributed by atoms with E-state index in [1.54, 1.807) is 6.20 Å². The number of piperidine rings is 1. The second-order valence-electron chi connectivity index (χ2n) is 7.02. The average molecular weight is 348 g/mol. The van der Waals surface area contributed by atoms with Crippen LogP contribution in [0.2, 0.25) is 0 Å². The van der Waals surface area contributed by atoms with Crippen molar-refractivity contribution in [1.29, 1.82) is 0 Å². The summed E-state index contributed by atoms with van der Waals surface area (Å²) in [5.41, 5.74) is 1.95. The molecule has 1 aliphatic heterocycles. The highest BCUT2D eigenvalue weighted by molar-refractivity contribution is 5.56. The zero-order valence-electron chi connectivity index (χ0n) is 15.3. The Morgan fingerprint density at radius 1 is 1.15 bits per heavy atom. The fraction of sp³-hybridized carbons (Fsp3) is 0.400. The molecule has 0 unspecified atom stereocenters. The first kappa shape index (κ1) is 16.7. The van der Waals surface area contributed by atoms with Crippen molar-refractivity contribution in [3.63, 3.8) is 0 Å². The van der Waals surface area contributed by atoms with Crippen molar-refractivity contribution in [2.24, 2.45) is 13.0 Å². The van der Waals surface area contributed by atoms with Crippen molar-refractivity contribution in [2.75, 3.05) is 18.0 Å². The molecule has 0 spiro atoms. The van der Waals surface area contributed by atoms with Gasteiger partial charge in [-0.05, 0) is 37.8 Å². The predicted molar refractivity (Wildman–Crippen MR) is 102 cm³/mol. The van der Waals surface area contributed by atoms with E-state index in [0.717, 1.165) is 55.3 Å². The van der Waals surface area contributed by atoms with Gasteiger partial charge in [0.15, 0.2) is 5.82 Å². The third-order valence-electron chi connectivity index (χ3n) is 5.09. The fourth-order valence-electron chi connectivity index (χ4n) is 3.56. The summed E-state index contributed by atoms with van der Waals surface area (Å²) in [5, 5.41) is 0. The Hall–Kier alpha value is -2.76. The first-order valence-corrected chi connectivity index (χ1v) is 9.16. The van der Waals surface area contributed by atoms with Gasteiger partial charge in [-0.15, -0.1) is 0 Å². The molecule has 0 saturated carbocycles. The first-order chi connectivity index (χ1) is 12.7. The summed E-state index contributed by atoms with van der Waals surface area (Å²) in [6, 6.07) is 6.01. The van der Waals surface area contributed by atoms with E-state index in [4.69, 9.17) is 4.98 Å². The Balaban J connectivity index is 1.46. The third-order valence-corrected chi connectivity index (χ3v) is 5.09. The van der Waals surface area contributed by atoms with Gasteiger partial charge in [0.2, 0.25) is 0 Å². The minimum atomic E-state index is 0.688. The number of rotatable bonds is 4. The molecule has 1 aliphatic rings. The molecule has 4 rings (SSSR count). The van der Waals surface area contributed by atoms with Crippen LogP contribution in [0, 0.1) is 12.8 Å². The van der Waals surface area contributed by atoms with Gasteiger partial charge in [0.1, 0.15) is 11.6 Å². The fourth-order valence-corrected chi connectivity index (χ4v) is 3.56. The van der Waals surface area contributed by atoms with Crippen molar-refractivity contribution in [3.8, 4) is 11.4 Å². The molecule has 4 heterocycles. The lowest BCUT2D eigenvalue weighted by Crippen LogP contribution is -2.35. The molecule has 134 valence electrons. The molecule has 1 saturated heterocycles. The molecule has 0 amide bonds. The molecule has 3 aromatic rings. The van der Waals surface area contributed by atoms with E-state index < -0.39 is 0 Å². The highest BCUT2D eigenvalue weighted by atomic mass is 15.2. The number of imidazole rings is 1. The van der Waals surface area contributed by atoms with Crippen LogP contribution in [0.1, 0.15) is 24.4 Å². The van der Waals surface area contributed by atoms with E-state index in [9.17, 15) is 0 Å². The first-order valence-electron chi connectivity index (χ1n) is 9.16. The van der Waals surface area contributed by atoms with Crippen LogP contribution < -0.4 is 4.90 Å². The molecule has 1 fully saturated rings. The van der Waals surface area contributed by atoms with E-state index in [2.05, 4.69) is 37.5 Å². The Morgan fingerprint density at radius 3 is 2.69 bits per heavy atom. The molecule has 0 aromatic carbocycles. The van der Waals surface area contributed by atoms with Gasteiger partial charge in [0.05, 0.1) is 0 Å². The standard InChI is InChI=1S/C20H24N6/c1-15-12-19(24-20(23-15)17-4-3-7-21-14-17)26-9-5-16(6-10-26)13-18-22-8-11-25(18)2/h3-4,7-8,11-12,14,16H,5-6,9-10,13H2,1-2H3. The van der Waals surface area contributed by atoms with Gasteiger partial charge < -0.3 is 9.47 Å². The SMILES string of the molecule is Cc1cc(N2CCC(Cc3nccn3C)CC2)nc(-c2cccnc2)n1. The van der Waals surface area contributed by atoms with Crippen molar-refractivity contribution >= 4 is 5.82 Å². The molecule has 0 aliphatic carbocycles. The number of anilines is 1. The van der Waals surface area contributed by atoms with Crippen LogP contribution in [0.4, 0.5) is 5.82 Å². The number of nitrogens with zero attached hydrogens (tertiary/aromatic N) is 6. The van der Waals surface area contributed by atoms with Crippen molar-refractivity contribution in [1.82, 2.24) is 24.5 Å². The van der Waals surface area contributed by atoms with Crippen LogP contribution in [0.15, 0.2) is 43.0 Å². The molecule has 26 heavy (non-hydrogen) atoms. The second kappa shape index (κ2) is 7.23. The highest BCUT2D eigenvalue weighted by Gasteiger charge is 2.22. The van der Waals surface area contributed by atoms with E-state index in [0.29, 0.717) is 5.92 Å². The minimum Gasteiger partial charge on any atom is -0.356 e. The van der Waals surface area contributed by atoms with Crippen LogP contribution in [0.25, 0.3) is 11.4 Å². The van der Waals surface area contributed by atoms with Crippen LogP contribution >= 0.6 is 0 Å². The summed E-state index contributed by atoms with van der Waals surface area (Å²) in [5.74, 6) is 3.64. The molecule has 0 bridgehead atoms. The maximum atomic E-state index is 4.80. The van der Waals surface area contributed by atoms with E-state index in [-0.39, 0.29) is 0 Å². The Morgan fingerprint density at radius 2 is 2.00 bits per heavy atom. The van der Waals surface area contributed by atoms with Gasteiger partial charge in [-0.3, -0.25) is 4.98 Å². The number of hydrogen-bond acceptors (Lipinski definition) is 5. The zero-order chi connectivity index (χ0) is 17.9. The Kier molecular flexibility index (Phi) is 4.65. The summed E-state index contributed by atoms with van der Waals surface area (Å²) in [4.78, 5) is 20.4. The maximum absolute atomic E-state index is 4.80. The van der Waals surface area contributed by atoms with Gasteiger partial charge in [0, 0.05) is 68.7 Å². The van der Waals surface area contributed by atoms with Crippen LogP contribution in [0.3, 0.4) is 0 Å². The molecule has 6 nitrogen and oxygen atoms in total. The number of hydrogen-bond donors (Lipinski definition) is 0. The Labute approximate surface area is 154 Å². The van der Waals surface area contributed by atoms with E-state index in [1.165, 1.54) is 5.82 Å². The van der Waals surface area contributed by atoms with Crippen LogP contribution in [-0.4, -0.2) is 37.6 Å². The summed E-state index contributed by atoms with van der Waals surface area (Å²) in [7, 11) is 2.07. The minimum absolute atomic E-state index is 0.688. The molecule has 0 radical (unpaired) electrons. The van der Waals surface area contributed by atoms with Crippen molar-refractivity contribution in [2.45, 2.75) is 26.2 Å². The van der Waals surface area contributed by atoms with Gasteiger partial charge in [0.25, 0.3) is 0 Å². The highest BCUT2D eigenvalue weighted by Crippen LogP contribution is 2.26. The van der Waals surface area contributed by atoms with Gasteiger partial charge >= 0.3 is 0 Å². The molecule has 3 aromatic heterocycles. The number of pyridine rings is 1. The smallest absolute Gasteiger partial charge is 0.163 e. The van der Waals surface area contributed by atoms with E-state index in [1.807, 2.05) is 37.6 Å². The molecular weight excluding hydrogens is 324 g/mol. The Bertz CT molecular complexity index is 865. The molecule has 0 N–H and O–H groups in total. The van der Waals surface area contributed by atoms with Gasteiger partial charge in [-0.25, -0.2) is 15.0 Å². The molecule has 0 atom stereocenters. The summed E-state index contributed by atoms with van der Waals surface area (Å²) in [6.07, 6.45) is 10.9. The lowest BCUT2D eigenvalue weighted by molar-refractivity contribution is 0.392. The maximum Gasteiger partial charge on any atom is 0.163 e. The van der Waals surface area contributed by atoms with E-state index >= 15 is 0 Å². The lowest BCUT2D eigenvalue weighted by atomic mass is 9.93. The second-order valence-corrected chi connectivity index (χ2v) is 7.02. The van der Waals surface area contributed by atoms with Crippen molar-refractivity contribution < 1.29 is 0 Å². The molecule has 6 heteroatoms. The predicted octanol–water partition coefficient (Wildman–Crippen LogP) is 3.04. The number of aryl methyl sites for hydroxylation is 2. The average Bonchev–Trinajstić information content (AvgIpc) is 3.07. The zero-order valence-corrected chi connectivity index (χ0v) is 15.3. The van der Waals surface area contributed by atoms with Gasteiger partial charge in [-0.2, -0.15) is 0 Å². The van der Waals surface area contributed by atoms with Crippen LogP contribution in [0.5, 0.6) is 0 Å². The molecular formula is C20H24N6. The normalized spacial score (nSPS) is 15.4. The summed E-state index contributed by atoms with van der Waals surface area (Å²) >= 11 is 0. The summed E-state index contributed by atoms with van der Waals surface area (Å²) in [6.45, 7) is 4.08. The third kappa shape index (κ3) is 3.59. The monoisotopic (exact) mass is 348 g/mol.